The van der Waals surface area contributed by atoms with Crippen LogP contribution in [0.25, 0.3) is 10.9 Å². The van der Waals surface area contributed by atoms with E-state index in [0.717, 1.165) is 44.5 Å². The van der Waals surface area contributed by atoms with Crippen molar-refractivity contribution in [2.75, 3.05) is 19.8 Å². The van der Waals surface area contributed by atoms with E-state index in [2.05, 4.69) is 46.3 Å². The lowest BCUT2D eigenvalue weighted by Crippen LogP contribution is -2.20. The van der Waals surface area contributed by atoms with Gasteiger partial charge in [-0.1, -0.05) is 18.2 Å². The number of hydrogen-bond donors (Lipinski definition) is 1. The molecule has 3 rings (SSSR count). The first-order valence-electron chi connectivity index (χ1n) is 7.61. The SMILES string of the molecule is CCn1nc(CNCCOCC2CC2)c2ccccc21. The van der Waals surface area contributed by atoms with E-state index < -0.39 is 0 Å². The summed E-state index contributed by atoms with van der Waals surface area (Å²) in [5.41, 5.74) is 2.35. The van der Waals surface area contributed by atoms with E-state index in [4.69, 9.17) is 4.74 Å². The lowest BCUT2D eigenvalue weighted by atomic mass is 10.2. The van der Waals surface area contributed by atoms with Crippen LogP contribution in [-0.4, -0.2) is 29.5 Å². The minimum absolute atomic E-state index is 0.795. The van der Waals surface area contributed by atoms with Crippen LogP contribution in [0.4, 0.5) is 0 Å². The molecule has 1 aliphatic rings. The minimum atomic E-state index is 0.795. The van der Waals surface area contributed by atoms with Gasteiger partial charge in [-0.15, -0.1) is 0 Å². The smallest absolute Gasteiger partial charge is 0.0841 e. The highest BCUT2D eigenvalue weighted by Gasteiger charge is 2.20. The highest BCUT2D eigenvalue weighted by molar-refractivity contribution is 5.81. The van der Waals surface area contributed by atoms with E-state index in [-0.39, 0.29) is 0 Å². The van der Waals surface area contributed by atoms with Crippen molar-refractivity contribution in [2.24, 2.45) is 5.92 Å². The van der Waals surface area contributed by atoms with Gasteiger partial charge in [0.05, 0.1) is 17.8 Å². The quantitative estimate of drug-likeness (QED) is 0.751. The summed E-state index contributed by atoms with van der Waals surface area (Å²) < 4.78 is 7.69. The van der Waals surface area contributed by atoms with E-state index >= 15 is 0 Å². The van der Waals surface area contributed by atoms with Crippen molar-refractivity contribution >= 4 is 10.9 Å². The number of aryl methyl sites for hydroxylation is 1. The van der Waals surface area contributed by atoms with Crippen molar-refractivity contribution in [2.45, 2.75) is 32.9 Å². The molecule has 0 amide bonds. The predicted molar refractivity (Wildman–Crippen MR) is 80.7 cm³/mol. The van der Waals surface area contributed by atoms with Crippen LogP contribution < -0.4 is 5.32 Å². The van der Waals surface area contributed by atoms with Gasteiger partial charge in [0.25, 0.3) is 0 Å². The van der Waals surface area contributed by atoms with Crippen molar-refractivity contribution in [3.05, 3.63) is 30.0 Å². The number of nitrogens with zero attached hydrogens (tertiary/aromatic N) is 2. The van der Waals surface area contributed by atoms with Gasteiger partial charge in [0.1, 0.15) is 0 Å². The topological polar surface area (TPSA) is 39.1 Å². The van der Waals surface area contributed by atoms with Crippen LogP contribution in [0.5, 0.6) is 0 Å². The van der Waals surface area contributed by atoms with Gasteiger partial charge in [-0.2, -0.15) is 5.10 Å². The minimum Gasteiger partial charge on any atom is -0.380 e. The van der Waals surface area contributed by atoms with Crippen LogP contribution in [-0.2, 0) is 17.8 Å². The number of ether oxygens (including phenoxy) is 1. The fourth-order valence-electron chi connectivity index (χ4n) is 2.45. The van der Waals surface area contributed by atoms with Crippen molar-refractivity contribution in [1.82, 2.24) is 15.1 Å². The van der Waals surface area contributed by atoms with Crippen LogP contribution in [0.2, 0.25) is 0 Å². The van der Waals surface area contributed by atoms with Gasteiger partial charge >= 0.3 is 0 Å². The fourth-order valence-corrected chi connectivity index (χ4v) is 2.45. The van der Waals surface area contributed by atoms with Gasteiger partial charge in [-0.25, -0.2) is 0 Å². The molecule has 0 aliphatic heterocycles. The molecule has 4 nitrogen and oxygen atoms in total. The Balaban J connectivity index is 1.51. The maximum absolute atomic E-state index is 5.62. The fraction of sp³-hybridized carbons (Fsp3) is 0.562. The second kappa shape index (κ2) is 6.37. The number of hydrogen-bond acceptors (Lipinski definition) is 3. The van der Waals surface area contributed by atoms with Gasteiger partial charge < -0.3 is 10.1 Å². The van der Waals surface area contributed by atoms with Crippen LogP contribution in [0, 0.1) is 5.92 Å². The normalized spacial score (nSPS) is 15.1. The molecule has 1 N–H and O–H groups in total. The Labute approximate surface area is 120 Å². The van der Waals surface area contributed by atoms with E-state index in [1.54, 1.807) is 0 Å². The third kappa shape index (κ3) is 3.19. The molecule has 108 valence electrons. The Morgan fingerprint density at radius 2 is 2.20 bits per heavy atom. The van der Waals surface area contributed by atoms with E-state index in [1.165, 1.54) is 23.7 Å². The first-order valence-corrected chi connectivity index (χ1v) is 7.61. The van der Waals surface area contributed by atoms with E-state index in [1.807, 2.05) is 0 Å². The molecule has 0 bridgehead atoms. The van der Waals surface area contributed by atoms with Gasteiger partial charge in [0.15, 0.2) is 0 Å². The first kappa shape index (κ1) is 13.6. The standard InChI is InChI=1S/C16H23N3O/c1-2-19-16-6-4-3-5-14(16)15(18-19)11-17-9-10-20-12-13-7-8-13/h3-6,13,17H,2,7-12H2,1H3. The molecule has 1 aromatic heterocycles. The largest absolute Gasteiger partial charge is 0.380 e. The first-order chi connectivity index (χ1) is 9.88. The third-order valence-electron chi connectivity index (χ3n) is 3.80. The van der Waals surface area contributed by atoms with Crippen molar-refractivity contribution in [1.29, 1.82) is 0 Å². The third-order valence-corrected chi connectivity index (χ3v) is 3.80. The summed E-state index contributed by atoms with van der Waals surface area (Å²) >= 11 is 0. The lowest BCUT2D eigenvalue weighted by Gasteiger charge is -2.04. The van der Waals surface area contributed by atoms with Crippen LogP contribution in [0.1, 0.15) is 25.5 Å². The maximum Gasteiger partial charge on any atom is 0.0841 e. The number of benzene rings is 1. The van der Waals surface area contributed by atoms with Crippen molar-refractivity contribution in [3.8, 4) is 0 Å². The molecule has 1 aliphatic carbocycles. The summed E-state index contributed by atoms with van der Waals surface area (Å²) in [4.78, 5) is 0. The Hall–Kier alpha value is -1.39. The molecule has 1 fully saturated rings. The summed E-state index contributed by atoms with van der Waals surface area (Å²) in [5, 5.41) is 9.35. The number of nitrogens with one attached hydrogen (secondary N) is 1. The van der Waals surface area contributed by atoms with Crippen LogP contribution >= 0.6 is 0 Å². The van der Waals surface area contributed by atoms with Crippen molar-refractivity contribution < 1.29 is 4.74 Å². The average molecular weight is 273 g/mol. The van der Waals surface area contributed by atoms with Crippen LogP contribution in [0.15, 0.2) is 24.3 Å². The van der Waals surface area contributed by atoms with Gasteiger partial charge in [0, 0.05) is 31.6 Å². The summed E-state index contributed by atoms with van der Waals surface area (Å²) in [6.45, 7) is 6.46. The van der Waals surface area contributed by atoms with Crippen molar-refractivity contribution in [3.63, 3.8) is 0 Å². The van der Waals surface area contributed by atoms with Gasteiger partial charge in [0.2, 0.25) is 0 Å². The number of para-hydroxylation sites is 1. The zero-order chi connectivity index (χ0) is 13.8. The number of fused-ring (bicyclic) bond motifs is 1. The molecule has 0 unspecified atom stereocenters. The molecule has 1 aromatic carbocycles. The Bertz CT molecular complexity index is 560. The highest BCUT2D eigenvalue weighted by Crippen LogP contribution is 2.28. The summed E-state index contributed by atoms with van der Waals surface area (Å²) in [5.74, 6) is 0.846. The van der Waals surface area contributed by atoms with E-state index in [9.17, 15) is 0 Å². The molecule has 0 atom stereocenters. The molecule has 20 heavy (non-hydrogen) atoms. The molecular weight excluding hydrogens is 250 g/mol. The second-order valence-corrected chi connectivity index (χ2v) is 5.47. The lowest BCUT2D eigenvalue weighted by molar-refractivity contribution is 0.126. The monoisotopic (exact) mass is 273 g/mol. The highest BCUT2D eigenvalue weighted by atomic mass is 16.5. The molecule has 0 saturated heterocycles. The molecule has 0 spiro atoms. The maximum atomic E-state index is 5.62. The summed E-state index contributed by atoms with van der Waals surface area (Å²) in [6.07, 6.45) is 2.71. The molecule has 0 radical (unpaired) electrons. The zero-order valence-electron chi connectivity index (χ0n) is 12.1. The predicted octanol–water partition coefficient (Wildman–Crippen LogP) is 2.57. The molecule has 2 aromatic rings. The van der Waals surface area contributed by atoms with Crippen LogP contribution in [0.3, 0.4) is 0 Å². The molecule has 1 saturated carbocycles. The zero-order valence-corrected chi connectivity index (χ0v) is 12.1. The Morgan fingerprint density at radius 3 is 3.00 bits per heavy atom. The van der Waals surface area contributed by atoms with Gasteiger partial charge in [-0.05, 0) is 31.7 Å². The molecule has 4 heteroatoms. The Kier molecular flexibility index (Phi) is 4.33. The van der Waals surface area contributed by atoms with Gasteiger partial charge in [-0.3, -0.25) is 4.68 Å². The second-order valence-electron chi connectivity index (χ2n) is 5.47. The molecular formula is C16H23N3O. The average Bonchev–Trinajstić information content (AvgIpc) is 3.24. The summed E-state index contributed by atoms with van der Waals surface area (Å²) in [7, 11) is 0. The number of aromatic nitrogens is 2. The summed E-state index contributed by atoms with van der Waals surface area (Å²) in [6, 6.07) is 8.43. The molecule has 1 heterocycles. The number of rotatable bonds is 8. The van der Waals surface area contributed by atoms with E-state index in [0.29, 0.717) is 0 Å². The Morgan fingerprint density at radius 1 is 1.35 bits per heavy atom.